The van der Waals surface area contributed by atoms with Crippen LogP contribution in [0.4, 0.5) is 5.69 Å². The molecule has 1 aromatic rings. The van der Waals surface area contributed by atoms with Crippen LogP contribution in [0.2, 0.25) is 0 Å². The van der Waals surface area contributed by atoms with Crippen molar-refractivity contribution in [2.45, 2.75) is 39.7 Å². The summed E-state index contributed by atoms with van der Waals surface area (Å²) in [5.41, 5.74) is 1.74. The van der Waals surface area contributed by atoms with Gasteiger partial charge in [0.05, 0.1) is 5.69 Å². The molecule has 0 aromatic heterocycles. The van der Waals surface area contributed by atoms with E-state index in [1.54, 1.807) is 11.8 Å². The van der Waals surface area contributed by atoms with Crippen LogP contribution in [-0.4, -0.2) is 42.5 Å². The Hall–Kier alpha value is -2.04. The van der Waals surface area contributed by atoms with E-state index in [0.29, 0.717) is 17.4 Å². The zero-order valence-corrected chi connectivity index (χ0v) is 14.0. The van der Waals surface area contributed by atoms with Crippen LogP contribution in [-0.2, 0) is 9.59 Å². The number of fused-ring (bicyclic) bond motifs is 1. The first-order valence-corrected chi connectivity index (χ1v) is 8.32. The Balaban J connectivity index is 1.82. The Labute approximate surface area is 137 Å². The van der Waals surface area contributed by atoms with Crippen molar-refractivity contribution in [3.8, 4) is 5.75 Å². The number of carbonyl (C=O) groups excluding carboxylic acids is 2. The highest BCUT2D eigenvalue weighted by atomic mass is 16.5. The minimum absolute atomic E-state index is 0.0199. The molecule has 23 heavy (non-hydrogen) atoms. The average molecular weight is 316 g/mol. The lowest BCUT2D eigenvalue weighted by Gasteiger charge is -2.36. The van der Waals surface area contributed by atoms with Crippen molar-refractivity contribution in [3.63, 3.8) is 0 Å². The highest BCUT2D eigenvalue weighted by Gasteiger charge is 2.34. The molecule has 0 radical (unpaired) electrons. The number of piperidine rings is 1. The summed E-state index contributed by atoms with van der Waals surface area (Å²) < 4.78 is 5.66. The minimum atomic E-state index is -0.557. The average Bonchev–Trinajstić information content (AvgIpc) is 2.52. The Morgan fingerprint density at radius 3 is 2.87 bits per heavy atom. The predicted molar refractivity (Wildman–Crippen MR) is 88.6 cm³/mol. The lowest BCUT2D eigenvalue weighted by Crippen LogP contribution is -2.51. The Bertz CT molecular complexity index is 629. The maximum absolute atomic E-state index is 12.7. The van der Waals surface area contributed by atoms with Crippen molar-refractivity contribution in [3.05, 3.63) is 23.8 Å². The van der Waals surface area contributed by atoms with Crippen molar-refractivity contribution in [1.29, 1.82) is 0 Å². The molecule has 5 nitrogen and oxygen atoms in total. The normalized spacial score (nSPS) is 24.2. The summed E-state index contributed by atoms with van der Waals surface area (Å²) in [6, 6.07) is 5.73. The molecule has 0 unspecified atom stereocenters. The van der Waals surface area contributed by atoms with Gasteiger partial charge in [-0.05, 0) is 50.3 Å². The molecule has 5 heteroatoms. The van der Waals surface area contributed by atoms with Crippen LogP contribution < -0.4 is 9.64 Å². The number of aryl methyl sites for hydroxylation is 1. The molecule has 2 aliphatic heterocycles. The molecule has 1 fully saturated rings. The van der Waals surface area contributed by atoms with E-state index in [9.17, 15) is 9.59 Å². The first-order valence-electron chi connectivity index (χ1n) is 8.32. The minimum Gasteiger partial charge on any atom is -0.479 e. The standard InChI is InChI=1S/C18H24N2O3/c1-12-6-7-16-15(9-12)20(18(22)14(3)23-16)11-17(21)19-8-4-5-13(2)10-19/h6-7,9,13-14H,4-5,8,10-11H2,1-3H3/t13-,14-/m0/s1. The number of carbonyl (C=O) groups is 2. The van der Waals surface area contributed by atoms with Gasteiger partial charge in [0.25, 0.3) is 5.91 Å². The van der Waals surface area contributed by atoms with Gasteiger partial charge in [-0.3, -0.25) is 14.5 Å². The zero-order valence-electron chi connectivity index (χ0n) is 14.0. The second-order valence-corrected chi connectivity index (χ2v) is 6.74. The van der Waals surface area contributed by atoms with Gasteiger partial charge in [-0.2, -0.15) is 0 Å². The van der Waals surface area contributed by atoms with Gasteiger partial charge >= 0.3 is 0 Å². The summed E-state index contributed by atoms with van der Waals surface area (Å²) in [5, 5.41) is 0. The van der Waals surface area contributed by atoms with Crippen molar-refractivity contribution in [1.82, 2.24) is 4.90 Å². The molecular formula is C18H24N2O3. The second-order valence-electron chi connectivity index (χ2n) is 6.74. The molecule has 0 aliphatic carbocycles. The van der Waals surface area contributed by atoms with Crippen LogP contribution in [0, 0.1) is 12.8 Å². The van der Waals surface area contributed by atoms with Gasteiger partial charge in [0.1, 0.15) is 12.3 Å². The summed E-state index contributed by atoms with van der Waals surface area (Å²) in [4.78, 5) is 28.6. The first kappa shape index (κ1) is 15.8. The summed E-state index contributed by atoms with van der Waals surface area (Å²) >= 11 is 0. The summed E-state index contributed by atoms with van der Waals surface area (Å²) in [6.07, 6.45) is 1.65. The van der Waals surface area contributed by atoms with Crippen molar-refractivity contribution in [2.75, 3.05) is 24.5 Å². The van der Waals surface area contributed by atoms with Crippen LogP contribution in [0.15, 0.2) is 18.2 Å². The highest BCUT2D eigenvalue weighted by molar-refractivity contribution is 6.03. The summed E-state index contributed by atoms with van der Waals surface area (Å²) in [6.45, 7) is 7.53. The van der Waals surface area contributed by atoms with Gasteiger partial charge in [-0.15, -0.1) is 0 Å². The third-order valence-electron chi connectivity index (χ3n) is 4.63. The maximum Gasteiger partial charge on any atom is 0.268 e. The quantitative estimate of drug-likeness (QED) is 0.841. The predicted octanol–water partition coefficient (Wildman–Crippen LogP) is 2.37. The van der Waals surface area contributed by atoms with E-state index in [-0.39, 0.29) is 18.4 Å². The monoisotopic (exact) mass is 316 g/mol. The molecule has 0 bridgehead atoms. The number of amides is 2. The van der Waals surface area contributed by atoms with E-state index in [1.165, 1.54) is 6.42 Å². The SMILES string of the molecule is Cc1ccc2c(c1)N(CC(=O)N1CCC[C@H](C)C1)C(=O)[C@H](C)O2. The molecule has 2 amide bonds. The Morgan fingerprint density at radius 2 is 2.13 bits per heavy atom. The maximum atomic E-state index is 12.7. The molecule has 0 saturated carbocycles. The van der Waals surface area contributed by atoms with Crippen LogP contribution in [0.3, 0.4) is 0 Å². The van der Waals surface area contributed by atoms with Crippen molar-refractivity contribution >= 4 is 17.5 Å². The lowest BCUT2D eigenvalue weighted by atomic mass is 10.0. The molecule has 2 atom stereocenters. The number of hydrogen-bond donors (Lipinski definition) is 0. The number of likely N-dealkylation sites (tertiary alicyclic amines) is 1. The van der Waals surface area contributed by atoms with Crippen LogP contribution in [0.25, 0.3) is 0 Å². The fourth-order valence-electron chi connectivity index (χ4n) is 3.33. The van der Waals surface area contributed by atoms with Gasteiger partial charge in [-0.1, -0.05) is 13.0 Å². The topological polar surface area (TPSA) is 49.9 Å². The third kappa shape index (κ3) is 3.19. The molecule has 0 spiro atoms. The molecule has 2 aliphatic rings. The third-order valence-corrected chi connectivity index (χ3v) is 4.63. The van der Waals surface area contributed by atoms with E-state index in [2.05, 4.69) is 6.92 Å². The molecule has 1 aromatic carbocycles. The fraction of sp³-hybridized carbons (Fsp3) is 0.556. The Morgan fingerprint density at radius 1 is 1.35 bits per heavy atom. The molecule has 1 saturated heterocycles. The number of hydrogen-bond acceptors (Lipinski definition) is 3. The molecular weight excluding hydrogens is 292 g/mol. The Kier molecular flexibility index (Phi) is 4.28. The number of ether oxygens (including phenoxy) is 1. The van der Waals surface area contributed by atoms with Crippen LogP contribution in [0.1, 0.15) is 32.3 Å². The second kappa shape index (κ2) is 6.22. The number of anilines is 1. The summed E-state index contributed by atoms with van der Waals surface area (Å²) in [5.74, 6) is 1.07. The first-order chi connectivity index (χ1) is 11.0. The van der Waals surface area contributed by atoms with E-state index >= 15 is 0 Å². The largest absolute Gasteiger partial charge is 0.479 e. The van der Waals surface area contributed by atoms with E-state index in [0.717, 1.165) is 25.1 Å². The zero-order chi connectivity index (χ0) is 16.6. The highest BCUT2D eigenvalue weighted by Crippen LogP contribution is 2.34. The van der Waals surface area contributed by atoms with E-state index < -0.39 is 6.10 Å². The van der Waals surface area contributed by atoms with Gasteiger partial charge < -0.3 is 9.64 Å². The molecule has 124 valence electrons. The van der Waals surface area contributed by atoms with Gasteiger partial charge in [0, 0.05) is 13.1 Å². The number of rotatable bonds is 2. The summed E-state index contributed by atoms with van der Waals surface area (Å²) in [7, 11) is 0. The fourth-order valence-corrected chi connectivity index (χ4v) is 3.33. The van der Waals surface area contributed by atoms with Gasteiger partial charge in [0.15, 0.2) is 6.10 Å². The lowest BCUT2D eigenvalue weighted by molar-refractivity contribution is -0.134. The van der Waals surface area contributed by atoms with Crippen LogP contribution >= 0.6 is 0 Å². The van der Waals surface area contributed by atoms with Gasteiger partial charge in [0.2, 0.25) is 5.91 Å². The van der Waals surface area contributed by atoms with Crippen molar-refractivity contribution in [2.24, 2.45) is 5.92 Å². The smallest absolute Gasteiger partial charge is 0.268 e. The molecule has 2 heterocycles. The molecule has 0 N–H and O–H groups in total. The number of nitrogens with zero attached hydrogens (tertiary/aromatic N) is 2. The van der Waals surface area contributed by atoms with Crippen LogP contribution in [0.5, 0.6) is 5.75 Å². The van der Waals surface area contributed by atoms with Gasteiger partial charge in [-0.25, -0.2) is 0 Å². The molecule has 3 rings (SSSR count). The van der Waals surface area contributed by atoms with E-state index in [1.807, 2.05) is 30.0 Å². The van der Waals surface area contributed by atoms with Crippen molar-refractivity contribution < 1.29 is 14.3 Å². The van der Waals surface area contributed by atoms with E-state index in [4.69, 9.17) is 4.74 Å². The number of benzene rings is 1.